The van der Waals surface area contributed by atoms with Gasteiger partial charge in [-0.3, -0.25) is 4.79 Å². The molecule has 170 valence electrons. The molecule has 1 aliphatic heterocycles. The van der Waals surface area contributed by atoms with Gasteiger partial charge in [-0.15, -0.1) is 0 Å². The third-order valence-electron chi connectivity index (χ3n) is 5.76. The SMILES string of the molecule is COc1ccc2cc(C3CC(c4ccc(Br)cc4)=NN3C(=O)c3ccccc3Cl)c(Cl)nc2c1. The van der Waals surface area contributed by atoms with Crippen LogP contribution in [-0.2, 0) is 0 Å². The Balaban J connectivity index is 1.61. The number of nitrogens with zero attached hydrogens (tertiary/aromatic N) is 3. The highest BCUT2D eigenvalue weighted by Crippen LogP contribution is 2.39. The van der Waals surface area contributed by atoms with Gasteiger partial charge >= 0.3 is 0 Å². The number of carbonyl (C=O) groups is 1. The molecule has 1 aromatic heterocycles. The minimum absolute atomic E-state index is 0.298. The van der Waals surface area contributed by atoms with Crippen LogP contribution in [0.1, 0.15) is 33.9 Å². The number of ether oxygens (including phenoxy) is 1. The number of hydrazone groups is 1. The maximum Gasteiger partial charge on any atom is 0.276 e. The Labute approximate surface area is 215 Å². The van der Waals surface area contributed by atoms with E-state index in [0.717, 1.165) is 26.7 Å². The van der Waals surface area contributed by atoms with Crippen molar-refractivity contribution in [1.29, 1.82) is 0 Å². The lowest BCUT2D eigenvalue weighted by Gasteiger charge is -2.23. The molecule has 0 N–H and O–H groups in total. The van der Waals surface area contributed by atoms with E-state index in [4.69, 9.17) is 33.0 Å². The molecule has 0 saturated carbocycles. The summed E-state index contributed by atoms with van der Waals surface area (Å²) < 4.78 is 6.27. The minimum Gasteiger partial charge on any atom is -0.497 e. The van der Waals surface area contributed by atoms with Gasteiger partial charge in [0.2, 0.25) is 0 Å². The summed E-state index contributed by atoms with van der Waals surface area (Å²) in [5.41, 5.74) is 3.52. The molecule has 0 radical (unpaired) electrons. The second kappa shape index (κ2) is 9.37. The first-order valence-electron chi connectivity index (χ1n) is 10.5. The first kappa shape index (κ1) is 22.8. The molecule has 1 unspecified atom stereocenters. The molecular weight excluding hydrogens is 537 g/mol. The van der Waals surface area contributed by atoms with Crippen molar-refractivity contribution in [3.05, 3.63) is 104 Å². The highest BCUT2D eigenvalue weighted by molar-refractivity contribution is 9.10. The van der Waals surface area contributed by atoms with Gasteiger partial charge in [-0.2, -0.15) is 5.10 Å². The summed E-state index contributed by atoms with van der Waals surface area (Å²) in [6.45, 7) is 0. The van der Waals surface area contributed by atoms with E-state index >= 15 is 0 Å². The number of aromatic nitrogens is 1. The summed E-state index contributed by atoms with van der Waals surface area (Å²) in [6, 6.07) is 21.9. The number of hydrogen-bond acceptors (Lipinski definition) is 4. The van der Waals surface area contributed by atoms with E-state index in [1.54, 1.807) is 31.4 Å². The van der Waals surface area contributed by atoms with Crippen LogP contribution in [0.5, 0.6) is 5.75 Å². The second-order valence-corrected chi connectivity index (χ2v) is 9.51. The van der Waals surface area contributed by atoms with Crippen LogP contribution in [0.25, 0.3) is 10.9 Å². The summed E-state index contributed by atoms with van der Waals surface area (Å²) in [4.78, 5) is 18.2. The van der Waals surface area contributed by atoms with E-state index in [9.17, 15) is 4.79 Å². The quantitative estimate of drug-likeness (QED) is 0.249. The topological polar surface area (TPSA) is 54.8 Å². The van der Waals surface area contributed by atoms with Crippen molar-refractivity contribution in [2.75, 3.05) is 7.11 Å². The maximum absolute atomic E-state index is 13.6. The zero-order valence-corrected chi connectivity index (χ0v) is 21.1. The molecule has 1 atom stereocenters. The van der Waals surface area contributed by atoms with Crippen molar-refractivity contribution in [3.63, 3.8) is 0 Å². The average molecular weight is 555 g/mol. The molecule has 1 amide bonds. The van der Waals surface area contributed by atoms with Gasteiger partial charge in [0.25, 0.3) is 5.91 Å². The first-order valence-corrected chi connectivity index (χ1v) is 12.0. The third-order valence-corrected chi connectivity index (χ3v) is 6.93. The van der Waals surface area contributed by atoms with E-state index in [-0.39, 0.29) is 5.91 Å². The molecule has 0 saturated heterocycles. The number of pyridine rings is 1. The van der Waals surface area contributed by atoms with Gasteiger partial charge in [0.1, 0.15) is 10.9 Å². The normalized spacial score (nSPS) is 15.5. The van der Waals surface area contributed by atoms with E-state index in [1.807, 2.05) is 48.5 Å². The average Bonchev–Trinajstić information content (AvgIpc) is 3.28. The molecule has 5 nitrogen and oxygen atoms in total. The zero-order valence-electron chi connectivity index (χ0n) is 18.0. The fraction of sp³-hybridized carbons (Fsp3) is 0.115. The second-order valence-electron chi connectivity index (χ2n) is 7.83. The molecule has 5 rings (SSSR count). The molecular formula is C26H18BrCl2N3O2. The van der Waals surface area contributed by atoms with Crippen LogP contribution in [0.3, 0.4) is 0 Å². The predicted octanol–water partition coefficient (Wildman–Crippen LogP) is 7.30. The molecule has 0 aliphatic carbocycles. The van der Waals surface area contributed by atoms with Gasteiger partial charge in [-0.05, 0) is 48.0 Å². The standard InChI is InChI=1S/C26H18BrCl2N3O2/c1-34-18-11-8-16-12-20(25(29)30-22(16)13-18)24-14-23(15-6-9-17(27)10-7-15)31-32(24)26(33)19-4-2-3-5-21(19)28/h2-13,24H,14H2,1H3. The Morgan fingerprint density at radius 3 is 2.56 bits per heavy atom. The van der Waals surface area contributed by atoms with Crippen molar-refractivity contribution >= 4 is 61.7 Å². The van der Waals surface area contributed by atoms with Gasteiger partial charge in [-0.1, -0.05) is 63.4 Å². The lowest BCUT2D eigenvalue weighted by Crippen LogP contribution is -2.27. The molecule has 2 heterocycles. The monoisotopic (exact) mass is 553 g/mol. The lowest BCUT2D eigenvalue weighted by molar-refractivity contribution is 0.0711. The van der Waals surface area contributed by atoms with Gasteiger partial charge < -0.3 is 4.74 Å². The first-order chi connectivity index (χ1) is 16.4. The van der Waals surface area contributed by atoms with Crippen molar-refractivity contribution in [3.8, 4) is 5.75 Å². The van der Waals surface area contributed by atoms with Crippen molar-refractivity contribution < 1.29 is 9.53 Å². The van der Waals surface area contributed by atoms with E-state index in [0.29, 0.717) is 33.4 Å². The number of fused-ring (bicyclic) bond motifs is 1. The molecule has 4 aromatic rings. The summed E-state index contributed by atoms with van der Waals surface area (Å²) in [5, 5.41) is 7.78. The van der Waals surface area contributed by atoms with Crippen LogP contribution in [0.4, 0.5) is 0 Å². The largest absolute Gasteiger partial charge is 0.497 e. The molecule has 3 aromatic carbocycles. The fourth-order valence-electron chi connectivity index (χ4n) is 4.02. The number of methoxy groups -OCH3 is 1. The molecule has 0 bridgehead atoms. The maximum atomic E-state index is 13.6. The van der Waals surface area contributed by atoms with Crippen LogP contribution in [0.2, 0.25) is 10.2 Å². The van der Waals surface area contributed by atoms with Crippen LogP contribution in [0.15, 0.2) is 82.4 Å². The minimum atomic E-state index is -0.436. The van der Waals surface area contributed by atoms with Crippen molar-refractivity contribution in [1.82, 2.24) is 9.99 Å². The summed E-state index contributed by atoms with van der Waals surface area (Å²) in [6.07, 6.45) is 0.487. The van der Waals surface area contributed by atoms with Crippen LogP contribution in [-0.4, -0.2) is 28.7 Å². The summed E-state index contributed by atoms with van der Waals surface area (Å²) in [5.74, 6) is 0.398. The van der Waals surface area contributed by atoms with Gasteiger partial charge in [0.15, 0.2) is 0 Å². The molecule has 0 spiro atoms. The number of hydrogen-bond donors (Lipinski definition) is 0. The summed E-state index contributed by atoms with van der Waals surface area (Å²) >= 11 is 16.5. The number of rotatable bonds is 4. The smallest absolute Gasteiger partial charge is 0.276 e. The highest BCUT2D eigenvalue weighted by atomic mass is 79.9. The zero-order chi connectivity index (χ0) is 23.8. The van der Waals surface area contributed by atoms with Gasteiger partial charge in [0.05, 0.1) is 35.0 Å². The van der Waals surface area contributed by atoms with E-state index < -0.39 is 6.04 Å². The number of carbonyl (C=O) groups excluding carboxylic acids is 1. The lowest BCUT2D eigenvalue weighted by atomic mass is 9.98. The number of amides is 1. The molecule has 1 aliphatic rings. The Kier molecular flexibility index (Phi) is 6.30. The third kappa shape index (κ3) is 4.29. The van der Waals surface area contributed by atoms with Crippen molar-refractivity contribution in [2.24, 2.45) is 5.10 Å². The highest BCUT2D eigenvalue weighted by Gasteiger charge is 2.36. The Bertz CT molecular complexity index is 1440. The van der Waals surface area contributed by atoms with Crippen molar-refractivity contribution in [2.45, 2.75) is 12.5 Å². The van der Waals surface area contributed by atoms with E-state index in [1.165, 1.54) is 5.01 Å². The predicted molar refractivity (Wildman–Crippen MR) is 139 cm³/mol. The molecule has 0 fully saturated rings. The van der Waals surface area contributed by atoms with Gasteiger partial charge in [0, 0.05) is 27.9 Å². The summed E-state index contributed by atoms with van der Waals surface area (Å²) in [7, 11) is 1.61. The molecule has 34 heavy (non-hydrogen) atoms. The van der Waals surface area contributed by atoms with Crippen LogP contribution >= 0.6 is 39.1 Å². The fourth-order valence-corrected chi connectivity index (χ4v) is 4.77. The van der Waals surface area contributed by atoms with Crippen LogP contribution < -0.4 is 4.74 Å². The molecule has 8 heteroatoms. The Morgan fingerprint density at radius 1 is 1.06 bits per heavy atom. The van der Waals surface area contributed by atoms with E-state index in [2.05, 4.69) is 20.9 Å². The number of benzene rings is 3. The van der Waals surface area contributed by atoms with Gasteiger partial charge in [-0.25, -0.2) is 9.99 Å². The Morgan fingerprint density at radius 2 is 1.82 bits per heavy atom. The Hall–Kier alpha value is -2.93. The number of halogens is 3. The van der Waals surface area contributed by atoms with Crippen LogP contribution in [0, 0.1) is 0 Å².